The number of benzene rings is 1. The minimum Gasteiger partial charge on any atom is -0.485 e. The molecule has 15 heavy (non-hydrogen) atoms. The summed E-state index contributed by atoms with van der Waals surface area (Å²) < 4.78 is 7.63. The highest BCUT2D eigenvalue weighted by atomic mass is 79.9. The van der Waals surface area contributed by atoms with Crippen LogP contribution in [0.3, 0.4) is 0 Å². The monoisotopic (exact) mass is 334 g/mol. The minimum atomic E-state index is -0.330. The Kier molecular flexibility index (Phi) is 3.69. The molecule has 0 amide bonds. The van der Waals surface area contributed by atoms with E-state index in [9.17, 15) is 5.11 Å². The Morgan fingerprint density at radius 3 is 2.40 bits per heavy atom. The molecular weight excluding hydrogens is 324 g/mol. The van der Waals surface area contributed by atoms with E-state index in [1.807, 2.05) is 18.2 Å². The maximum atomic E-state index is 9.68. The molecule has 0 heterocycles. The zero-order valence-corrected chi connectivity index (χ0v) is 11.3. The molecule has 1 N–H and O–H groups in total. The molecule has 0 saturated heterocycles. The van der Waals surface area contributed by atoms with E-state index in [0.29, 0.717) is 0 Å². The Bertz CT molecular complexity index is 334. The third kappa shape index (κ3) is 2.55. The Balaban J connectivity index is 2.16. The maximum Gasteiger partial charge on any atom is 0.148 e. The first kappa shape index (κ1) is 11.4. The summed E-state index contributed by atoms with van der Waals surface area (Å²) >= 11 is 6.88. The highest BCUT2D eigenvalue weighted by Crippen LogP contribution is 2.36. The Labute approximate surface area is 106 Å². The Hall–Kier alpha value is -0.0600. The second-order valence-corrected chi connectivity index (χ2v) is 5.41. The Morgan fingerprint density at radius 2 is 1.87 bits per heavy atom. The average molecular weight is 336 g/mol. The van der Waals surface area contributed by atoms with Crippen LogP contribution in [-0.4, -0.2) is 17.3 Å². The van der Waals surface area contributed by atoms with Gasteiger partial charge in [-0.05, 0) is 63.3 Å². The van der Waals surface area contributed by atoms with Crippen LogP contribution in [0.2, 0.25) is 0 Å². The fourth-order valence-electron chi connectivity index (χ4n) is 1.79. The molecule has 4 heteroatoms. The molecule has 1 aliphatic rings. The van der Waals surface area contributed by atoms with Gasteiger partial charge in [0, 0.05) is 0 Å². The van der Waals surface area contributed by atoms with Crippen molar-refractivity contribution in [1.29, 1.82) is 0 Å². The van der Waals surface area contributed by atoms with E-state index >= 15 is 0 Å². The third-order valence-electron chi connectivity index (χ3n) is 2.61. The van der Waals surface area contributed by atoms with Crippen LogP contribution in [0.1, 0.15) is 19.3 Å². The fraction of sp³-hybridized carbons (Fsp3) is 0.455. The average Bonchev–Trinajstić information content (AvgIpc) is 2.58. The summed E-state index contributed by atoms with van der Waals surface area (Å²) in [6, 6.07) is 5.80. The van der Waals surface area contributed by atoms with Crippen molar-refractivity contribution in [3.8, 4) is 5.75 Å². The van der Waals surface area contributed by atoms with Gasteiger partial charge in [-0.15, -0.1) is 0 Å². The second-order valence-electron chi connectivity index (χ2n) is 3.71. The lowest BCUT2D eigenvalue weighted by atomic mass is 10.2. The highest BCUT2D eigenvalue weighted by Gasteiger charge is 2.27. The summed E-state index contributed by atoms with van der Waals surface area (Å²) in [5.41, 5.74) is 0. The molecule has 0 radical (unpaired) electrons. The van der Waals surface area contributed by atoms with Gasteiger partial charge in [0.25, 0.3) is 0 Å². The smallest absolute Gasteiger partial charge is 0.148 e. The molecule has 0 unspecified atom stereocenters. The van der Waals surface area contributed by atoms with E-state index in [1.54, 1.807) is 0 Å². The van der Waals surface area contributed by atoms with Crippen molar-refractivity contribution in [3.05, 3.63) is 27.1 Å². The molecule has 1 aliphatic carbocycles. The van der Waals surface area contributed by atoms with E-state index in [1.165, 1.54) is 0 Å². The molecular formula is C11H12Br2O2. The van der Waals surface area contributed by atoms with Crippen molar-refractivity contribution in [3.63, 3.8) is 0 Å². The SMILES string of the molecule is O[C@H]1CCC[C@@H]1Oc1c(Br)cccc1Br. The van der Waals surface area contributed by atoms with Crippen LogP contribution in [0.5, 0.6) is 5.75 Å². The van der Waals surface area contributed by atoms with Crippen LogP contribution in [0.15, 0.2) is 27.1 Å². The predicted octanol–water partition coefficient (Wildman–Crippen LogP) is 3.50. The number of aliphatic hydroxyl groups is 1. The summed E-state index contributed by atoms with van der Waals surface area (Å²) in [5, 5.41) is 9.68. The molecule has 2 nitrogen and oxygen atoms in total. The lowest BCUT2D eigenvalue weighted by Crippen LogP contribution is -2.25. The fourth-order valence-corrected chi connectivity index (χ4v) is 2.98. The van der Waals surface area contributed by atoms with Crippen LogP contribution in [0.4, 0.5) is 0 Å². The molecule has 1 fully saturated rings. The van der Waals surface area contributed by atoms with Crippen LogP contribution in [0.25, 0.3) is 0 Å². The first-order valence-corrected chi connectivity index (χ1v) is 6.56. The van der Waals surface area contributed by atoms with Gasteiger partial charge in [0.2, 0.25) is 0 Å². The molecule has 0 aromatic heterocycles. The predicted molar refractivity (Wildman–Crippen MR) is 66.1 cm³/mol. The minimum absolute atomic E-state index is 0.0694. The van der Waals surface area contributed by atoms with Crippen LogP contribution < -0.4 is 4.74 Å². The molecule has 2 atom stereocenters. The van der Waals surface area contributed by atoms with Crippen molar-refractivity contribution in [2.24, 2.45) is 0 Å². The normalized spacial score (nSPS) is 25.5. The highest BCUT2D eigenvalue weighted by molar-refractivity contribution is 9.11. The lowest BCUT2D eigenvalue weighted by molar-refractivity contribution is 0.0594. The molecule has 2 rings (SSSR count). The van der Waals surface area contributed by atoms with Crippen molar-refractivity contribution < 1.29 is 9.84 Å². The zero-order chi connectivity index (χ0) is 10.8. The molecule has 0 bridgehead atoms. The summed E-state index contributed by atoms with van der Waals surface area (Å²) in [7, 11) is 0. The van der Waals surface area contributed by atoms with Gasteiger partial charge in [0.15, 0.2) is 0 Å². The van der Waals surface area contributed by atoms with E-state index in [4.69, 9.17) is 4.74 Å². The topological polar surface area (TPSA) is 29.5 Å². The Morgan fingerprint density at radius 1 is 1.20 bits per heavy atom. The van der Waals surface area contributed by atoms with Crippen LogP contribution >= 0.6 is 31.9 Å². The molecule has 1 aromatic rings. The van der Waals surface area contributed by atoms with Gasteiger partial charge >= 0.3 is 0 Å². The molecule has 1 aromatic carbocycles. The summed E-state index contributed by atoms with van der Waals surface area (Å²) in [5.74, 6) is 0.781. The quantitative estimate of drug-likeness (QED) is 0.896. The molecule has 1 saturated carbocycles. The standard InChI is InChI=1S/C11H12Br2O2/c12-7-3-1-4-8(13)11(7)15-10-6-2-5-9(10)14/h1,3-4,9-10,14H,2,5-6H2/t9-,10-/m0/s1. The summed E-state index contributed by atoms with van der Waals surface area (Å²) in [4.78, 5) is 0. The van der Waals surface area contributed by atoms with E-state index in [0.717, 1.165) is 34.0 Å². The molecule has 0 spiro atoms. The summed E-state index contributed by atoms with van der Waals surface area (Å²) in [6.45, 7) is 0. The van der Waals surface area contributed by atoms with Gasteiger partial charge in [-0.25, -0.2) is 0 Å². The van der Waals surface area contributed by atoms with Crippen LogP contribution in [-0.2, 0) is 0 Å². The van der Waals surface area contributed by atoms with E-state index in [2.05, 4.69) is 31.9 Å². The van der Waals surface area contributed by atoms with Gasteiger partial charge in [-0.2, -0.15) is 0 Å². The number of hydrogen-bond acceptors (Lipinski definition) is 2. The van der Waals surface area contributed by atoms with Gasteiger partial charge in [0.1, 0.15) is 11.9 Å². The summed E-state index contributed by atoms with van der Waals surface area (Å²) in [6.07, 6.45) is 2.40. The molecule has 0 aliphatic heterocycles. The van der Waals surface area contributed by atoms with Crippen LogP contribution in [0, 0.1) is 0 Å². The number of hydrogen-bond donors (Lipinski definition) is 1. The second kappa shape index (κ2) is 4.85. The zero-order valence-electron chi connectivity index (χ0n) is 8.12. The number of rotatable bonds is 2. The van der Waals surface area contributed by atoms with Gasteiger partial charge in [-0.1, -0.05) is 6.07 Å². The van der Waals surface area contributed by atoms with Crippen molar-refractivity contribution in [2.75, 3.05) is 0 Å². The first-order valence-electron chi connectivity index (χ1n) is 4.97. The van der Waals surface area contributed by atoms with E-state index in [-0.39, 0.29) is 12.2 Å². The lowest BCUT2D eigenvalue weighted by Gasteiger charge is -2.19. The van der Waals surface area contributed by atoms with E-state index < -0.39 is 0 Å². The van der Waals surface area contributed by atoms with Crippen molar-refractivity contribution in [2.45, 2.75) is 31.5 Å². The number of ether oxygens (including phenoxy) is 1. The van der Waals surface area contributed by atoms with Gasteiger partial charge < -0.3 is 9.84 Å². The number of para-hydroxylation sites is 1. The molecule has 82 valence electrons. The largest absolute Gasteiger partial charge is 0.485 e. The van der Waals surface area contributed by atoms with Gasteiger partial charge in [0.05, 0.1) is 15.0 Å². The first-order chi connectivity index (χ1) is 7.18. The van der Waals surface area contributed by atoms with Crippen molar-refractivity contribution in [1.82, 2.24) is 0 Å². The number of halogens is 2. The van der Waals surface area contributed by atoms with Crippen molar-refractivity contribution >= 4 is 31.9 Å². The third-order valence-corrected chi connectivity index (χ3v) is 3.85. The number of aliphatic hydroxyl groups excluding tert-OH is 1. The van der Waals surface area contributed by atoms with Gasteiger partial charge in [-0.3, -0.25) is 0 Å². The maximum absolute atomic E-state index is 9.68.